The summed E-state index contributed by atoms with van der Waals surface area (Å²) in [6.45, 7) is 1.96. The van der Waals surface area contributed by atoms with Crippen molar-refractivity contribution in [3.05, 3.63) is 47.5 Å². The van der Waals surface area contributed by atoms with Crippen LogP contribution >= 0.6 is 0 Å². The number of hydrogen-bond acceptors (Lipinski definition) is 3. The Kier molecular flexibility index (Phi) is 3.27. The lowest BCUT2D eigenvalue weighted by atomic mass is 10.1. The first-order chi connectivity index (χ1) is 10.4. The van der Waals surface area contributed by atoms with Crippen molar-refractivity contribution in [1.82, 2.24) is 15.0 Å². The topological polar surface area (TPSA) is 50.9 Å². The third-order valence-corrected chi connectivity index (χ3v) is 3.37. The van der Waals surface area contributed by atoms with Crippen molar-refractivity contribution in [2.45, 2.75) is 19.5 Å². The van der Waals surface area contributed by atoms with E-state index < -0.39 is 11.7 Å². The molecule has 1 N–H and O–H groups in total. The lowest BCUT2D eigenvalue weighted by Crippen LogP contribution is -2.04. The Balaban J connectivity index is 2.13. The van der Waals surface area contributed by atoms with Crippen molar-refractivity contribution >= 4 is 11.0 Å². The van der Waals surface area contributed by atoms with Crippen LogP contribution in [0.2, 0.25) is 0 Å². The molecular weight excluding hydrogens is 295 g/mol. The van der Waals surface area contributed by atoms with Gasteiger partial charge in [-0.15, -0.1) is 15.0 Å². The van der Waals surface area contributed by atoms with Crippen LogP contribution in [0.1, 0.15) is 18.1 Å². The number of aromatic hydroxyl groups is 1. The molecule has 0 aliphatic rings. The minimum Gasteiger partial charge on any atom is -0.506 e. The van der Waals surface area contributed by atoms with Gasteiger partial charge in [0, 0.05) is 0 Å². The molecule has 3 aromatic rings. The number of hydrogen-bond donors (Lipinski definition) is 1. The number of aryl methyl sites for hydroxylation is 1. The Morgan fingerprint density at radius 1 is 1.05 bits per heavy atom. The number of aromatic nitrogens is 3. The van der Waals surface area contributed by atoms with Crippen molar-refractivity contribution in [2.24, 2.45) is 0 Å². The largest absolute Gasteiger partial charge is 0.506 e. The summed E-state index contributed by atoms with van der Waals surface area (Å²) >= 11 is 0. The van der Waals surface area contributed by atoms with Gasteiger partial charge in [-0.2, -0.15) is 13.2 Å². The molecule has 2 aromatic carbocycles. The molecule has 0 bridgehead atoms. The van der Waals surface area contributed by atoms with Crippen molar-refractivity contribution in [3.63, 3.8) is 0 Å². The number of nitrogens with zero attached hydrogens (tertiary/aromatic N) is 3. The van der Waals surface area contributed by atoms with Gasteiger partial charge in [-0.3, -0.25) is 0 Å². The standard InChI is InChI=1S/C15H12F3N3O/c1-2-9-3-6-14(22)13(7-9)21-19-11-5-4-10(15(16,17)18)8-12(11)20-21/h3-8,22H,2H2,1H3. The second kappa shape index (κ2) is 5.01. The van der Waals surface area contributed by atoms with Crippen LogP contribution in [-0.2, 0) is 12.6 Å². The fraction of sp³-hybridized carbons (Fsp3) is 0.200. The van der Waals surface area contributed by atoms with E-state index in [2.05, 4.69) is 10.2 Å². The Bertz CT molecular complexity index is 840. The van der Waals surface area contributed by atoms with Gasteiger partial charge in [0.25, 0.3) is 0 Å². The molecule has 0 aliphatic carbocycles. The highest BCUT2D eigenvalue weighted by Gasteiger charge is 2.31. The van der Waals surface area contributed by atoms with Crippen LogP contribution in [0.25, 0.3) is 16.7 Å². The van der Waals surface area contributed by atoms with E-state index in [1.54, 1.807) is 12.1 Å². The zero-order chi connectivity index (χ0) is 15.9. The summed E-state index contributed by atoms with van der Waals surface area (Å²) in [6, 6.07) is 8.16. The van der Waals surface area contributed by atoms with E-state index >= 15 is 0 Å². The third kappa shape index (κ3) is 2.49. The number of halogens is 3. The predicted molar refractivity (Wildman–Crippen MR) is 74.9 cm³/mol. The van der Waals surface area contributed by atoms with E-state index in [0.717, 1.165) is 28.9 Å². The van der Waals surface area contributed by atoms with Gasteiger partial charge >= 0.3 is 6.18 Å². The lowest BCUT2D eigenvalue weighted by molar-refractivity contribution is -0.137. The van der Waals surface area contributed by atoms with Crippen molar-refractivity contribution < 1.29 is 18.3 Å². The highest BCUT2D eigenvalue weighted by molar-refractivity contribution is 5.75. The van der Waals surface area contributed by atoms with E-state index in [-0.39, 0.29) is 11.3 Å². The van der Waals surface area contributed by atoms with Crippen molar-refractivity contribution in [2.75, 3.05) is 0 Å². The average molecular weight is 307 g/mol. The normalized spacial score (nSPS) is 12.0. The number of benzene rings is 2. The van der Waals surface area contributed by atoms with Gasteiger partial charge in [0.15, 0.2) is 0 Å². The third-order valence-electron chi connectivity index (χ3n) is 3.37. The Hall–Kier alpha value is -2.57. The van der Waals surface area contributed by atoms with Gasteiger partial charge in [0.05, 0.1) is 5.56 Å². The molecule has 3 rings (SSSR count). The molecule has 0 saturated heterocycles. The van der Waals surface area contributed by atoms with Crippen LogP contribution < -0.4 is 0 Å². The first-order valence-electron chi connectivity index (χ1n) is 6.65. The quantitative estimate of drug-likeness (QED) is 0.785. The monoisotopic (exact) mass is 307 g/mol. The van der Waals surface area contributed by atoms with Crippen molar-refractivity contribution in [3.8, 4) is 11.4 Å². The SMILES string of the molecule is CCc1ccc(O)c(-n2nc3ccc(C(F)(F)F)cc3n2)c1. The summed E-state index contributed by atoms with van der Waals surface area (Å²) in [6.07, 6.45) is -3.67. The molecule has 0 aliphatic heterocycles. The van der Waals surface area contributed by atoms with Gasteiger partial charge in [-0.05, 0) is 42.3 Å². The molecule has 1 aromatic heterocycles. The highest BCUT2D eigenvalue weighted by atomic mass is 19.4. The molecule has 0 fully saturated rings. The Labute approximate surface area is 123 Å². The second-order valence-corrected chi connectivity index (χ2v) is 4.87. The Morgan fingerprint density at radius 3 is 2.45 bits per heavy atom. The second-order valence-electron chi connectivity index (χ2n) is 4.87. The molecule has 0 saturated carbocycles. The maximum absolute atomic E-state index is 12.7. The number of phenols is 1. The maximum Gasteiger partial charge on any atom is 0.416 e. The van der Waals surface area contributed by atoms with Crippen LogP contribution in [-0.4, -0.2) is 20.1 Å². The summed E-state index contributed by atoms with van der Waals surface area (Å²) in [5.74, 6) is -0.0337. The van der Waals surface area contributed by atoms with Crippen LogP contribution in [0.3, 0.4) is 0 Å². The first kappa shape index (κ1) is 14.4. The van der Waals surface area contributed by atoms with E-state index in [4.69, 9.17) is 0 Å². The van der Waals surface area contributed by atoms with E-state index in [1.165, 1.54) is 12.1 Å². The fourth-order valence-corrected chi connectivity index (χ4v) is 2.15. The summed E-state index contributed by atoms with van der Waals surface area (Å²) in [4.78, 5) is 1.15. The molecule has 0 amide bonds. The van der Waals surface area contributed by atoms with E-state index in [9.17, 15) is 18.3 Å². The lowest BCUT2D eigenvalue weighted by Gasteiger charge is -2.05. The molecule has 0 unspecified atom stereocenters. The number of fused-ring (bicyclic) bond motifs is 1. The van der Waals surface area contributed by atoms with Crippen LogP contribution in [0.5, 0.6) is 5.75 Å². The molecule has 7 heteroatoms. The van der Waals surface area contributed by atoms with E-state index in [1.807, 2.05) is 6.92 Å². The molecule has 114 valence electrons. The minimum atomic E-state index is -4.43. The summed E-state index contributed by atoms with van der Waals surface area (Å²) < 4.78 is 38.1. The molecule has 4 nitrogen and oxygen atoms in total. The minimum absolute atomic E-state index is 0.0337. The first-order valence-corrected chi connectivity index (χ1v) is 6.65. The zero-order valence-corrected chi connectivity index (χ0v) is 11.6. The molecule has 0 atom stereocenters. The van der Waals surface area contributed by atoms with Gasteiger partial charge in [-0.25, -0.2) is 0 Å². The smallest absolute Gasteiger partial charge is 0.416 e. The number of alkyl halides is 3. The van der Waals surface area contributed by atoms with E-state index in [0.29, 0.717) is 11.2 Å². The zero-order valence-electron chi connectivity index (χ0n) is 11.6. The van der Waals surface area contributed by atoms with Crippen LogP contribution in [0.15, 0.2) is 36.4 Å². The predicted octanol–water partition coefficient (Wildman–Crippen LogP) is 3.71. The molecule has 22 heavy (non-hydrogen) atoms. The maximum atomic E-state index is 12.7. The summed E-state index contributed by atoms with van der Waals surface area (Å²) in [5, 5.41) is 18.1. The number of rotatable bonds is 2. The summed E-state index contributed by atoms with van der Waals surface area (Å²) in [7, 11) is 0. The van der Waals surface area contributed by atoms with Gasteiger partial charge in [0.2, 0.25) is 0 Å². The molecule has 0 radical (unpaired) electrons. The van der Waals surface area contributed by atoms with Crippen molar-refractivity contribution in [1.29, 1.82) is 0 Å². The van der Waals surface area contributed by atoms with Gasteiger partial charge in [-0.1, -0.05) is 13.0 Å². The molecule has 1 heterocycles. The Morgan fingerprint density at radius 2 is 1.77 bits per heavy atom. The summed E-state index contributed by atoms with van der Waals surface area (Å²) in [5.41, 5.74) is 0.971. The van der Waals surface area contributed by atoms with Crippen LogP contribution in [0.4, 0.5) is 13.2 Å². The van der Waals surface area contributed by atoms with Crippen LogP contribution in [0, 0.1) is 0 Å². The average Bonchev–Trinajstić information content (AvgIpc) is 2.89. The van der Waals surface area contributed by atoms with Gasteiger partial charge in [0.1, 0.15) is 22.5 Å². The molecule has 0 spiro atoms. The number of phenolic OH excluding ortho intramolecular Hbond substituents is 1. The fourth-order valence-electron chi connectivity index (χ4n) is 2.15. The van der Waals surface area contributed by atoms with Gasteiger partial charge < -0.3 is 5.11 Å². The highest BCUT2D eigenvalue weighted by Crippen LogP contribution is 2.31. The molecular formula is C15H12F3N3O.